The largest absolute Gasteiger partial charge is 0.493 e. The number of carbonyl (C=O) groups is 1. The summed E-state index contributed by atoms with van der Waals surface area (Å²) >= 11 is 0. The lowest BCUT2D eigenvalue weighted by atomic mass is 9.97. The third-order valence-corrected chi connectivity index (χ3v) is 4.09. The highest BCUT2D eigenvalue weighted by Gasteiger charge is 2.29. The summed E-state index contributed by atoms with van der Waals surface area (Å²) in [6.07, 6.45) is 1.65. The molecule has 1 fully saturated rings. The van der Waals surface area contributed by atoms with Gasteiger partial charge in [-0.25, -0.2) is 0 Å². The number of ether oxygens (including phenoxy) is 2. The number of rotatable bonds is 3. The second-order valence-corrected chi connectivity index (χ2v) is 5.36. The van der Waals surface area contributed by atoms with Crippen molar-refractivity contribution in [1.82, 2.24) is 4.90 Å². The van der Waals surface area contributed by atoms with E-state index >= 15 is 0 Å². The summed E-state index contributed by atoms with van der Waals surface area (Å²) < 4.78 is 11.4. The van der Waals surface area contributed by atoms with Gasteiger partial charge in [0.05, 0.1) is 18.8 Å². The van der Waals surface area contributed by atoms with E-state index in [-0.39, 0.29) is 11.9 Å². The number of fused-ring (bicyclic) bond motifs is 1. The van der Waals surface area contributed by atoms with Gasteiger partial charge in [-0.05, 0) is 31.0 Å². The topological polar surface area (TPSA) is 38.8 Å². The van der Waals surface area contributed by atoms with E-state index in [0.29, 0.717) is 25.3 Å². The van der Waals surface area contributed by atoms with E-state index in [1.54, 1.807) is 0 Å². The minimum Gasteiger partial charge on any atom is -0.493 e. The van der Waals surface area contributed by atoms with Gasteiger partial charge in [0.2, 0.25) is 0 Å². The summed E-state index contributed by atoms with van der Waals surface area (Å²) in [4.78, 5) is 15.0. The van der Waals surface area contributed by atoms with E-state index in [1.807, 2.05) is 18.2 Å². The lowest BCUT2D eigenvalue weighted by Crippen LogP contribution is -2.46. The maximum absolute atomic E-state index is 12.7. The van der Waals surface area contributed by atoms with Crippen molar-refractivity contribution in [2.24, 2.45) is 0 Å². The van der Waals surface area contributed by atoms with Gasteiger partial charge in [0.25, 0.3) is 0 Å². The fourth-order valence-electron chi connectivity index (χ4n) is 2.90. The predicted octanol–water partition coefficient (Wildman–Crippen LogP) is 1.91. The fourth-order valence-corrected chi connectivity index (χ4v) is 2.90. The molecule has 1 aromatic carbocycles. The van der Waals surface area contributed by atoms with Gasteiger partial charge in [-0.2, -0.15) is 0 Å². The minimum absolute atomic E-state index is 0.0573. The molecule has 2 heterocycles. The number of aryl methyl sites for hydroxylation is 1. The Labute approximate surface area is 119 Å². The Hall–Kier alpha value is -1.39. The highest BCUT2D eigenvalue weighted by molar-refractivity contribution is 6.02. The molecule has 1 unspecified atom stereocenters. The molecule has 4 nitrogen and oxygen atoms in total. The Bertz CT molecular complexity index is 500. The van der Waals surface area contributed by atoms with Crippen molar-refractivity contribution in [2.75, 3.05) is 32.8 Å². The first-order chi connectivity index (χ1) is 9.79. The highest BCUT2D eigenvalue weighted by Crippen LogP contribution is 2.30. The van der Waals surface area contributed by atoms with Crippen LogP contribution in [0, 0.1) is 0 Å². The molecule has 3 rings (SSSR count). The van der Waals surface area contributed by atoms with Gasteiger partial charge >= 0.3 is 0 Å². The normalized spacial score (nSPS) is 22.9. The Balaban J connectivity index is 1.83. The van der Waals surface area contributed by atoms with Crippen molar-refractivity contribution in [3.05, 3.63) is 29.3 Å². The maximum atomic E-state index is 12.7. The van der Waals surface area contributed by atoms with Crippen molar-refractivity contribution in [3.63, 3.8) is 0 Å². The molecule has 0 amide bonds. The van der Waals surface area contributed by atoms with Crippen LogP contribution in [0.3, 0.4) is 0 Å². The lowest BCUT2D eigenvalue weighted by Gasteiger charge is -2.31. The van der Waals surface area contributed by atoms with Crippen molar-refractivity contribution in [1.29, 1.82) is 0 Å². The van der Waals surface area contributed by atoms with E-state index in [0.717, 1.165) is 37.2 Å². The Morgan fingerprint density at radius 2 is 2.30 bits per heavy atom. The predicted molar refractivity (Wildman–Crippen MR) is 76.4 cm³/mol. The number of benzene rings is 1. The minimum atomic E-state index is -0.360. The van der Waals surface area contributed by atoms with Crippen molar-refractivity contribution in [2.45, 2.75) is 25.9 Å². The van der Waals surface area contributed by atoms with Gasteiger partial charge in [-0.15, -0.1) is 0 Å². The van der Waals surface area contributed by atoms with Gasteiger partial charge in [-0.3, -0.25) is 9.69 Å². The molecule has 0 spiro atoms. The van der Waals surface area contributed by atoms with Crippen molar-refractivity contribution >= 4 is 5.78 Å². The first-order valence-electron chi connectivity index (χ1n) is 7.42. The first-order valence-corrected chi connectivity index (χ1v) is 7.42. The molecule has 0 saturated carbocycles. The van der Waals surface area contributed by atoms with Crippen molar-refractivity contribution < 1.29 is 14.3 Å². The molecule has 1 saturated heterocycles. The van der Waals surface area contributed by atoms with E-state index in [4.69, 9.17) is 9.47 Å². The molecule has 4 heteroatoms. The summed E-state index contributed by atoms with van der Waals surface area (Å²) in [6.45, 7) is 5.98. The average Bonchev–Trinajstić information content (AvgIpc) is 2.53. The maximum Gasteiger partial charge on any atom is 0.196 e. The Morgan fingerprint density at radius 3 is 3.15 bits per heavy atom. The molecule has 2 aliphatic rings. The number of nitrogens with zero attached hydrogens (tertiary/aromatic N) is 1. The number of hydrogen-bond donors (Lipinski definition) is 0. The SMILES string of the molecule is CCN1CCOC(C(=O)c2cccc3c2OCCC3)C1. The summed E-state index contributed by atoms with van der Waals surface area (Å²) in [5.41, 5.74) is 1.83. The third kappa shape index (κ3) is 2.58. The third-order valence-electron chi connectivity index (χ3n) is 4.09. The van der Waals surface area contributed by atoms with Gasteiger partial charge in [-0.1, -0.05) is 19.1 Å². The standard InChI is InChI=1S/C16H21NO3/c1-2-17-8-10-19-14(11-17)15(18)13-7-3-5-12-6-4-9-20-16(12)13/h3,5,7,14H,2,4,6,8-11H2,1H3. The molecule has 108 valence electrons. The summed E-state index contributed by atoms with van der Waals surface area (Å²) in [6, 6.07) is 5.85. The lowest BCUT2D eigenvalue weighted by molar-refractivity contribution is -0.0150. The van der Waals surface area contributed by atoms with E-state index < -0.39 is 0 Å². The fraction of sp³-hybridized carbons (Fsp3) is 0.562. The van der Waals surface area contributed by atoms with Gasteiger partial charge < -0.3 is 9.47 Å². The second kappa shape index (κ2) is 5.94. The van der Waals surface area contributed by atoms with E-state index in [9.17, 15) is 4.79 Å². The molecule has 0 N–H and O–H groups in total. The summed E-state index contributed by atoms with van der Waals surface area (Å²) in [7, 11) is 0. The highest BCUT2D eigenvalue weighted by atomic mass is 16.5. The smallest absolute Gasteiger partial charge is 0.196 e. The van der Waals surface area contributed by atoms with Crippen LogP contribution in [-0.2, 0) is 11.2 Å². The van der Waals surface area contributed by atoms with E-state index in [2.05, 4.69) is 11.8 Å². The first kappa shape index (κ1) is 13.6. The zero-order valence-electron chi connectivity index (χ0n) is 11.9. The van der Waals surface area contributed by atoms with Crippen LogP contribution in [0.4, 0.5) is 0 Å². The number of morpholine rings is 1. The van der Waals surface area contributed by atoms with Crippen LogP contribution >= 0.6 is 0 Å². The quantitative estimate of drug-likeness (QED) is 0.790. The van der Waals surface area contributed by atoms with Crippen LogP contribution in [0.5, 0.6) is 5.75 Å². The number of Topliss-reactive ketones (excluding diaryl/α,β-unsaturated/α-hetero) is 1. The number of para-hydroxylation sites is 1. The molecule has 0 aromatic heterocycles. The monoisotopic (exact) mass is 275 g/mol. The second-order valence-electron chi connectivity index (χ2n) is 5.36. The zero-order valence-corrected chi connectivity index (χ0v) is 11.9. The number of likely N-dealkylation sites (N-methyl/N-ethyl adjacent to an activating group) is 1. The number of hydrogen-bond acceptors (Lipinski definition) is 4. The molecule has 0 radical (unpaired) electrons. The van der Waals surface area contributed by atoms with Crippen LogP contribution in [0.25, 0.3) is 0 Å². The van der Waals surface area contributed by atoms with E-state index in [1.165, 1.54) is 0 Å². The zero-order chi connectivity index (χ0) is 13.9. The molecule has 1 aromatic rings. The van der Waals surface area contributed by atoms with Crippen molar-refractivity contribution in [3.8, 4) is 5.75 Å². The van der Waals surface area contributed by atoms with Gasteiger partial charge in [0, 0.05) is 13.1 Å². The van der Waals surface area contributed by atoms with Crippen LogP contribution in [-0.4, -0.2) is 49.6 Å². The van der Waals surface area contributed by atoms with Gasteiger partial charge in [0.1, 0.15) is 11.9 Å². The average molecular weight is 275 g/mol. The number of carbonyl (C=O) groups excluding carboxylic acids is 1. The molecular formula is C16H21NO3. The molecule has 20 heavy (non-hydrogen) atoms. The van der Waals surface area contributed by atoms with Crippen LogP contribution in [0.2, 0.25) is 0 Å². The molecule has 0 aliphatic carbocycles. The van der Waals surface area contributed by atoms with Crippen LogP contribution < -0.4 is 4.74 Å². The van der Waals surface area contributed by atoms with Gasteiger partial charge in [0.15, 0.2) is 5.78 Å². The molecular weight excluding hydrogens is 254 g/mol. The Kier molecular flexibility index (Phi) is 4.03. The molecule has 1 atom stereocenters. The molecule has 2 aliphatic heterocycles. The summed E-state index contributed by atoms with van der Waals surface area (Å²) in [5, 5.41) is 0. The molecule has 0 bridgehead atoms. The summed E-state index contributed by atoms with van der Waals surface area (Å²) in [5.74, 6) is 0.836. The Morgan fingerprint density at radius 1 is 1.40 bits per heavy atom. The van der Waals surface area contributed by atoms with Crippen LogP contribution in [0.15, 0.2) is 18.2 Å². The number of ketones is 1. The van der Waals surface area contributed by atoms with Crippen LogP contribution in [0.1, 0.15) is 29.3 Å².